The van der Waals surface area contributed by atoms with Gasteiger partial charge < -0.3 is 24.4 Å². The summed E-state index contributed by atoms with van der Waals surface area (Å²) in [5.74, 6) is -3.67. The highest BCUT2D eigenvalue weighted by molar-refractivity contribution is 6.19. The molecule has 0 radical (unpaired) electrons. The number of carbonyl (C=O) groups is 2. The Morgan fingerprint density at radius 3 is 2.56 bits per heavy atom. The molecule has 2 N–H and O–H groups in total. The number of ketones is 2. The number of phenolic OH excluding ortho intramolecular Hbond substituents is 2. The average Bonchev–Trinajstić information content (AvgIpc) is 2.65. The van der Waals surface area contributed by atoms with Crippen LogP contribution in [0.15, 0.2) is 6.07 Å². The van der Waals surface area contributed by atoms with Crippen molar-refractivity contribution in [2.24, 2.45) is 17.8 Å². The van der Waals surface area contributed by atoms with Crippen molar-refractivity contribution in [1.82, 2.24) is 0 Å². The van der Waals surface area contributed by atoms with Crippen molar-refractivity contribution < 1.29 is 34.0 Å². The van der Waals surface area contributed by atoms with Crippen molar-refractivity contribution in [2.45, 2.75) is 39.4 Å². The predicted octanol–water partition coefficient (Wildman–Crippen LogP) is 2.92. The SMILES string of the molecule is CCC(C)COC1(C)CC2C(=O)c3c(O)c(OC)cc(O)c3C(=O)C2CO1. The van der Waals surface area contributed by atoms with Crippen LogP contribution in [0, 0.1) is 17.8 Å². The lowest BCUT2D eigenvalue weighted by Crippen LogP contribution is -2.51. The van der Waals surface area contributed by atoms with Gasteiger partial charge in [-0.15, -0.1) is 0 Å². The highest BCUT2D eigenvalue weighted by atomic mass is 16.7. The van der Waals surface area contributed by atoms with Gasteiger partial charge in [-0.2, -0.15) is 0 Å². The zero-order valence-corrected chi connectivity index (χ0v) is 16.1. The first-order chi connectivity index (χ1) is 12.7. The van der Waals surface area contributed by atoms with Gasteiger partial charge in [0, 0.05) is 18.4 Å². The van der Waals surface area contributed by atoms with Gasteiger partial charge in [-0.25, -0.2) is 0 Å². The molecule has 1 saturated heterocycles. The molecule has 0 spiro atoms. The van der Waals surface area contributed by atoms with Crippen molar-refractivity contribution in [3.63, 3.8) is 0 Å². The largest absolute Gasteiger partial charge is 0.507 e. The third kappa shape index (κ3) is 3.30. The molecule has 0 aromatic heterocycles. The Balaban J connectivity index is 1.95. The first-order valence-corrected chi connectivity index (χ1v) is 9.21. The number of phenols is 2. The van der Waals surface area contributed by atoms with Gasteiger partial charge >= 0.3 is 0 Å². The lowest BCUT2D eigenvalue weighted by molar-refractivity contribution is -0.261. The summed E-state index contributed by atoms with van der Waals surface area (Å²) in [5, 5.41) is 20.6. The molecule has 1 heterocycles. The van der Waals surface area contributed by atoms with Gasteiger partial charge in [-0.3, -0.25) is 9.59 Å². The van der Waals surface area contributed by atoms with Crippen molar-refractivity contribution in [3.05, 3.63) is 17.2 Å². The number of fused-ring (bicyclic) bond motifs is 2. The molecule has 3 rings (SSSR count). The predicted molar refractivity (Wildman–Crippen MR) is 96.3 cm³/mol. The number of ether oxygens (including phenoxy) is 3. The number of hydrogen-bond donors (Lipinski definition) is 2. The second kappa shape index (κ2) is 7.13. The molecule has 4 unspecified atom stereocenters. The molecule has 7 heteroatoms. The molecule has 2 aliphatic rings. The summed E-state index contributed by atoms with van der Waals surface area (Å²) in [6, 6.07) is 1.14. The van der Waals surface area contributed by atoms with Crippen LogP contribution in [-0.4, -0.2) is 47.9 Å². The summed E-state index contributed by atoms with van der Waals surface area (Å²) >= 11 is 0. The molecule has 148 valence electrons. The van der Waals surface area contributed by atoms with Crippen LogP contribution < -0.4 is 4.74 Å². The maximum Gasteiger partial charge on any atom is 0.173 e. The van der Waals surface area contributed by atoms with Gasteiger partial charge in [0.15, 0.2) is 28.9 Å². The van der Waals surface area contributed by atoms with Crippen LogP contribution in [0.3, 0.4) is 0 Å². The van der Waals surface area contributed by atoms with E-state index in [2.05, 4.69) is 13.8 Å². The van der Waals surface area contributed by atoms with Crippen LogP contribution in [-0.2, 0) is 9.47 Å². The van der Waals surface area contributed by atoms with Crippen molar-refractivity contribution in [2.75, 3.05) is 20.3 Å². The number of Topliss-reactive ketones (excluding diaryl/α,β-unsaturated/α-hetero) is 2. The molecule has 1 aromatic rings. The monoisotopic (exact) mass is 378 g/mol. The number of methoxy groups -OCH3 is 1. The van der Waals surface area contributed by atoms with Gasteiger partial charge in [0.1, 0.15) is 5.75 Å². The molecule has 0 amide bonds. The van der Waals surface area contributed by atoms with Gasteiger partial charge in [-0.1, -0.05) is 20.3 Å². The summed E-state index contributed by atoms with van der Waals surface area (Å²) in [7, 11) is 1.31. The molecule has 7 nitrogen and oxygen atoms in total. The number of aromatic hydroxyl groups is 2. The Morgan fingerprint density at radius 2 is 1.93 bits per heavy atom. The Bertz CT molecular complexity index is 772. The Hall–Kier alpha value is -2.12. The Kier molecular flexibility index (Phi) is 5.18. The highest BCUT2D eigenvalue weighted by Crippen LogP contribution is 2.48. The molecule has 4 atom stereocenters. The maximum atomic E-state index is 13.1. The second-order valence-electron chi connectivity index (χ2n) is 7.61. The van der Waals surface area contributed by atoms with E-state index in [1.807, 2.05) is 0 Å². The van der Waals surface area contributed by atoms with Crippen LogP contribution in [0.1, 0.15) is 54.3 Å². The molecule has 27 heavy (non-hydrogen) atoms. The molecule has 0 bridgehead atoms. The van der Waals surface area contributed by atoms with E-state index in [0.717, 1.165) is 12.5 Å². The van der Waals surface area contributed by atoms with Gasteiger partial charge in [-0.05, 0) is 12.8 Å². The van der Waals surface area contributed by atoms with E-state index in [1.54, 1.807) is 6.92 Å². The quantitative estimate of drug-likeness (QED) is 0.760. The molecule has 1 fully saturated rings. The summed E-state index contributed by atoms with van der Waals surface area (Å²) in [4.78, 5) is 26.0. The number of carbonyl (C=O) groups excluding carboxylic acids is 2. The number of benzene rings is 1. The smallest absolute Gasteiger partial charge is 0.173 e. The molecule has 0 saturated carbocycles. The Morgan fingerprint density at radius 1 is 1.26 bits per heavy atom. The topological polar surface area (TPSA) is 102 Å². The standard InChI is InChI=1S/C20H26O7/c1-5-10(2)8-26-20(3)7-11-12(9-27-20)18(23)15-13(21)6-14(25-4)19(24)16(15)17(11)22/h6,10-12,21,24H,5,7-9H2,1-4H3. The first kappa shape index (κ1) is 19.6. The van der Waals surface area contributed by atoms with E-state index < -0.39 is 34.9 Å². The van der Waals surface area contributed by atoms with Crippen LogP contribution in [0.5, 0.6) is 17.2 Å². The van der Waals surface area contributed by atoms with E-state index in [1.165, 1.54) is 7.11 Å². The third-order valence-corrected chi connectivity index (χ3v) is 5.65. The zero-order valence-electron chi connectivity index (χ0n) is 16.1. The minimum atomic E-state index is -0.978. The van der Waals surface area contributed by atoms with E-state index in [9.17, 15) is 19.8 Å². The average molecular weight is 378 g/mol. The van der Waals surface area contributed by atoms with Crippen molar-refractivity contribution in [1.29, 1.82) is 0 Å². The summed E-state index contributed by atoms with van der Waals surface area (Å²) in [6.07, 6.45) is 1.16. The van der Waals surface area contributed by atoms with E-state index in [-0.39, 0.29) is 35.7 Å². The normalized spacial score (nSPS) is 28.4. The fourth-order valence-corrected chi connectivity index (χ4v) is 3.70. The summed E-state index contributed by atoms with van der Waals surface area (Å²) in [5.41, 5.74) is -0.337. The zero-order chi connectivity index (χ0) is 19.9. The summed E-state index contributed by atoms with van der Waals surface area (Å²) < 4.78 is 16.7. The van der Waals surface area contributed by atoms with E-state index in [4.69, 9.17) is 14.2 Å². The second-order valence-corrected chi connectivity index (χ2v) is 7.61. The van der Waals surface area contributed by atoms with Crippen molar-refractivity contribution >= 4 is 11.6 Å². The minimum absolute atomic E-state index is 0.0257. The van der Waals surface area contributed by atoms with Crippen LogP contribution in [0.4, 0.5) is 0 Å². The minimum Gasteiger partial charge on any atom is -0.507 e. The fraction of sp³-hybridized carbons (Fsp3) is 0.600. The fourth-order valence-electron chi connectivity index (χ4n) is 3.70. The Labute approximate surface area is 158 Å². The van der Waals surface area contributed by atoms with Crippen molar-refractivity contribution in [3.8, 4) is 17.2 Å². The molecular formula is C20H26O7. The molecule has 1 aliphatic carbocycles. The third-order valence-electron chi connectivity index (χ3n) is 5.65. The van der Waals surface area contributed by atoms with E-state index in [0.29, 0.717) is 12.5 Å². The van der Waals surface area contributed by atoms with Crippen LogP contribution in [0.2, 0.25) is 0 Å². The molecule has 1 aliphatic heterocycles. The van der Waals surface area contributed by atoms with Gasteiger partial charge in [0.05, 0.1) is 37.4 Å². The lowest BCUT2D eigenvalue weighted by atomic mass is 9.70. The van der Waals surface area contributed by atoms with Crippen LogP contribution >= 0.6 is 0 Å². The molecular weight excluding hydrogens is 352 g/mol. The number of rotatable bonds is 5. The molecule has 1 aromatic carbocycles. The van der Waals surface area contributed by atoms with Gasteiger partial charge in [0.25, 0.3) is 0 Å². The summed E-state index contributed by atoms with van der Waals surface area (Å²) in [6.45, 7) is 6.41. The number of hydrogen-bond acceptors (Lipinski definition) is 7. The lowest BCUT2D eigenvalue weighted by Gasteiger charge is -2.43. The highest BCUT2D eigenvalue weighted by Gasteiger charge is 2.51. The first-order valence-electron chi connectivity index (χ1n) is 9.21. The van der Waals surface area contributed by atoms with Crippen LogP contribution in [0.25, 0.3) is 0 Å². The van der Waals surface area contributed by atoms with Gasteiger partial charge in [0.2, 0.25) is 0 Å². The van der Waals surface area contributed by atoms with E-state index >= 15 is 0 Å². The maximum absolute atomic E-state index is 13.1.